The van der Waals surface area contributed by atoms with Crippen LogP contribution in [0.5, 0.6) is 0 Å². The van der Waals surface area contributed by atoms with Gasteiger partial charge in [0, 0.05) is 0 Å². The normalized spacial score (nSPS) is 36.1. The number of imidazole rings is 1. The molecule has 2 aliphatic rings. The zero-order chi connectivity index (χ0) is 23.2. The van der Waals surface area contributed by atoms with E-state index in [2.05, 4.69) is 19.5 Å². The Labute approximate surface area is 185 Å². The van der Waals surface area contributed by atoms with Gasteiger partial charge in [0.15, 0.2) is 24.0 Å². The van der Waals surface area contributed by atoms with Crippen LogP contribution in [0.4, 0.5) is 5.82 Å². The number of fused-ring (bicyclic) bond motifs is 1. The Morgan fingerprint density at radius 3 is 2.55 bits per heavy atom. The fourth-order valence-electron chi connectivity index (χ4n) is 3.58. The van der Waals surface area contributed by atoms with Crippen LogP contribution in [-0.2, 0) is 23.3 Å². The molecule has 33 heavy (non-hydrogen) atoms. The third-order valence-electron chi connectivity index (χ3n) is 5.17. The van der Waals surface area contributed by atoms with Crippen molar-refractivity contribution < 1.29 is 53.5 Å². The van der Waals surface area contributed by atoms with Gasteiger partial charge >= 0.3 is 0 Å². The second kappa shape index (κ2) is 9.79. The van der Waals surface area contributed by atoms with Gasteiger partial charge in [0.05, 0.1) is 19.5 Å². The summed E-state index contributed by atoms with van der Waals surface area (Å²) in [6, 6.07) is 0. The van der Waals surface area contributed by atoms with Crippen molar-refractivity contribution in [1.29, 1.82) is 0 Å². The number of rotatable bonds is 7. The summed E-state index contributed by atoms with van der Waals surface area (Å²) < 4.78 is 33.0. The van der Waals surface area contributed by atoms with Crippen LogP contribution in [0.1, 0.15) is 6.23 Å². The Morgan fingerprint density at radius 2 is 1.88 bits per heavy atom. The first-order chi connectivity index (χ1) is 15.1. The minimum atomic E-state index is -5.09. The molecule has 4 heterocycles. The van der Waals surface area contributed by atoms with Gasteiger partial charge in [0.2, 0.25) is 0 Å². The highest BCUT2D eigenvalue weighted by atomic mass is 31.2. The van der Waals surface area contributed by atoms with Crippen LogP contribution in [-0.4, -0.2) is 101 Å². The van der Waals surface area contributed by atoms with Crippen LogP contribution in [0.2, 0.25) is 0 Å². The number of hydrogen-bond acceptors (Lipinski definition) is 14. The molecule has 0 spiro atoms. The highest BCUT2D eigenvalue weighted by Crippen LogP contribution is 2.37. The second-order valence-electron chi connectivity index (χ2n) is 7.21. The van der Waals surface area contributed by atoms with Crippen molar-refractivity contribution in [2.75, 3.05) is 18.9 Å². The minimum absolute atomic E-state index is 0. The first-order valence-corrected chi connectivity index (χ1v) is 10.8. The first kappa shape index (κ1) is 25.8. The number of anilines is 1. The highest BCUT2D eigenvalue weighted by Gasteiger charge is 2.51. The maximum Gasteiger partial charge on any atom is 0.265 e. The summed E-state index contributed by atoms with van der Waals surface area (Å²) in [5.74, 6) is 0.100. The zero-order valence-corrected chi connectivity index (χ0v) is 18.1. The van der Waals surface area contributed by atoms with E-state index in [-0.39, 0.29) is 23.1 Å². The predicted molar refractivity (Wildman–Crippen MR) is 104 cm³/mol. The van der Waals surface area contributed by atoms with Crippen LogP contribution < -0.4 is 16.8 Å². The SMILES string of the molecule is Nc1ncnc2c1ncn2[C@@H]1O[C@H](CO)[C@@H](O)[C@H]1O[C@@H]1O[C@H](COP(=O)([O-])O)[C@@H](O)[C@H]1O.[NH4+]. The van der Waals surface area contributed by atoms with Crippen molar-refractivity contribution in [3.05, 3.63) is 12.7 Å². The Kier molecular flexibility index (Phi) is 7.64. The number of quaternary nitrogens is 1. The monoisotopic (exact) mass is 496 g/mol. The minimum Gasteiger partial charge on any atom is -0.756 e. The molecular weight excluding hydrogens is 471 g/mol. The van der Waals surface area contributed by atoms with E-state index >= 15 is 0 Å². The van der Waals surface area contributed by atoms with Crippen LogP contribution in [0.3, 0.4) is 0 Å². The number of phosphoric ester groups is 1. The summed E-state index contributed by atoms with van der Waals surface area (Å²) >= 11 is 0. The zero-order valence-electron chi connectivity index (χ0n) is 17.2. The lowest BCUT2D eigenvalue weighted by atomic mass is 10.1. The van der Waals surface area contributed by atoms with Gasteiger partial charge in [0.25, 0.3) is 7.82 Å². The third kappa shape index (κ3) is 4.99. The summed E-state index contributed by atoms with van der Waals surface area (Å²) in [6.07, 6.45) is -8.52. The number of nitrogens with two attached hydrogens (primary N) is 1. The molecule has 2 saturated heterocycles. The molecule has 0 aliphatic carbocycles. The quantitative estimate of drug-likeness (QED) is 0.182. The fourth-order valence-corrected chi connectivity index (χ4v) is 3.92. The maximum absolute atomic E-state index is 10.8. The molecule has 1 unspecified atom stereocenters. The summed E-state index contributed by atoms with van der Waals surface area (Å²) in [7, 11) is -5.09. The summed E-state index contributed by atoms with van der Waals surface area (Å²) in [4.78, 5) is 31.5. The average molecular weight is 496 g/mol. The number of aromatic nitrogens is 4. The lowest BCUT2D eigenvalue weighted by Crippen LogP contribution is -2.42. The van der Waals surface area contributed by atoms with Crippen molar-refractivity contribution in [3.8, 4) is 0 Å². The lowest BCUT2D eigenvalue weighted by Gasteiger charge is -2.26. The van der Waals surface area contributed by atoms with Crippen LogP contribution in [0.25, 0.3) is 11.2 Å². The number of hydrogen-bond donors (Lipinski definition) is 7. The van der Waals surface area contributed by atoms with E-state index in [1.165, 1.54) is 17.2 Å². The molecule has 0 bridgehead atoms. The largest absolute Gasteiger partial charge is 0.756 e. The number of nitrogens with zero attached hydrogens (tertiary/aromatic N) is 4. The molecule has 2 fully saturated rings. The number of nitrogen functional groups attached to an aromatic ring is 1. The van der Waals surface area contributed by atoms with Gasteiger partial charge in [-0.2, -0.15) is 0 Å². The van der Waals surface area contributed by atoms with Crippen LogP contribution >= 0.6 is 7.82 Å². The van der Waals surface area contributed by atoms with Crippen molar-refractivity contribution in [2.24, 2.45) is 0 Å². The molecule has 17 nitrogen and oxygen atoms in total. The molecule has 9 atom stereocenters. The van der Waals surface area contributed by atoms with E-state index in [0.717, 1.165) is 0 Å². The average Bonchev–Trinajstić information content (AvgIpc) is 3.38. The van der Waals surface area contributed by atoms with Gasteiger partial charge in [-0.3, -0.25) is 9.13 Å². The predicted octanol–water partition coefficient (Wildman–Crippen LogP) is -3.66. The number of ether oxygens (including phenoxy) is 3. The molecule has 2 aromatic rings. The molecule has 0 radical (unpaired) electrons. The Hall–Kier alpha value is -1.86. The van der Waals surface area contributed by atoms with Gasteiger partial charge in [-0.05, 0) is 0 Å². The van der Waals surface area contributed by atoms with E-state index in [4.69, 9.17) is 24.8 Å². The van der Waals surface area contributed by atoms with Crippen molar-refractivity contribution in [1.82, 2.24) is 25.7 Å². The van der Waals surface area contributed by atoms with Gasteiger partial charge in [-0.1, -0.05) is 0 Å². The molecule has 0 aromatic carbocycles. The molecule has 2 aliphatic heterocycles. The topological polar surface area (TPSA) is 284 Å². The standard InChI is InChI=1S/C15H22N5O11P.H3N/c16-12-7-13(18-3-17-12)20(4-19-7)14-11(9(23)5(1-21)29-14)31-15-10(24)8(22)6(30-15)2-28-32(25,26)27;/h3-6,8-11,14-15,21-24H,1-2H2,(H2,16,17,18)(H2,25,26,27);1H3/t5-,6-,8-,9-,10-,11-,14-,15+;/m1./s1. The van der Waals surface area contributed by atoms with Gasteiger partial charge in [-0.25, -0.2) is 15.0 Å². The summed E-state index contributed by atoms with van der Waals surface area (Å²) in [5, 5.41) is 40.5. The van der Waals surface area contributed by atoms with Crippen molar-refractivity contribution in [2.45, 2.75) is 49.1 Å². The number of phosphoric acid groups is 1. The van der Waals surface area contributed by atoms with Crippen molar-refractivity contribution >= 4 is 24.8 Å². The number of aliphatic hydroxyl groups excluding tert-OH is 4. The Morgan fingerprint density at radius 1 is 1.15 bits per heavy atom. The van der Waals surface area contributed by atoms with E-state index in [9.17, 15) is 29.9 Å². The van der Waals surface area contributed by atoms with Crippen molar-refractivity contribution in [3.63, 3.8) is 0 Å². The van der Waals surface area contributed by atoms with E-state index < -0.39 is 70.2 Å². The van der Waals surface area contributed by atoms with Crippen LogP contribution in [0.15, 0.2) is 12.7 Å². The van der Waals surface area contributed by atoms with E-state index in [1.54, 1.807) is 0 Å². The molecule has 4 rings (SSSR count). The molecule has 186 valence electrons. The second-order valence-corrected chi connectivity index (χ2v) is 8.41. The molecular formula is C15H25N6O11P. The summed E-state index contributed by atoms with van der Waals surface area (Å²) in [6.45, 7) is -1.35. The smallest absolute Gasteiger partial charge is 0.265 e. The lowest BCUT2D eigenvalue weighted by molar-refractivity contribution is -0.231. The molecule has 0 amide bonds. The third-order valence-corrected chi connectivity index (χ3v) is 5.64. The first-order valence-electron chi connectivity index (χ1n) is 9.33. The summed E-state index contributed by atoms with van der Waals surface area (Å²) in [5.41, 5.74) is 6.29. The molecule has 18 heteroatoms. The Bertz CT molecular complexity index is 1010. The Balaban J connectivity index is 0.00000306. The maximum atomic E-state index is 10.8. The van der Waals surface area contributed by atoms with Gasteiger partial charge in [-0.15, -0.1) is 0 Å². The number of aliphatic hydroxyl groups is 4. The molecule has 0 saturated carbocycles. The van der Waals surface area contributed by atoms with Gasteiger partial charge < -0.3 is 60.8 Å². The molecule has 11 N–H and O–H groups in total. The van der Waals surface area contributed by atoms with E-state index in [1.807, 2.05) is 0 Å². The van der Waals surface area contributed by atoms with Gasteiger partial charge in [0.1, 0.15) is 48.5 Å². The van der Waals surface area contributed by atoms with Crippen LogP contribution in [0, 0.1) is 0 Å². The highest BCUT2D eigenvalue weighted by molar-refractivity contribution is 7.44. The van der Waals surface area contributed by atoms with E-state index in [0.29, 0.717) is 0 Å². The fraction of sp³-hybridized carbons (Fsp3) is 0.667. The molecule has 2 aromatic heterocycles.